The Kier molecular flexibility index (Phi) is 3.76. The Morgan fingerprint density at radius 3 is 2.85 bits per heavy atom. The minimum Gasteiger partial charge on any atom is -0.347 e. The Morgan fingerprint density at radius 1 is 1.45 bits per heavy atom. The maximum atomic E-state index is 11.1. The van der Waals surface area contributed by atoms with Gasteiger partial charge >= 0.3 is 0 Å². The van der Waals surface area contributed by atoms with Gasteiger partial charge in [-0.25, -0.2) is 4.98 Å². The summed E-state index contributed by atoms with van der Waals surface area (Å²) < 4.78 is 0. The minimum atomic E-state index is 0.494. The highest BCUT2D eigenvalue weighted by Crippen LogP contribution is 2.43. The van der Waals surface area contributed by atoms with Gasteiger partial charge in [-0.1, -0.05) is 41.1 Å². The van der Waals surface area contributed by atoms with Crippen molar-refractivity contribution in [3.05, 3.63) is 45.4 Å². The summed E-state index contributed by atoms with van der Waals surface area (Å²) in [5, 5.41) is 1.64. The van der Waals surface area contributed by atoms with Crippen molar-refractivity contribution in [2.24, 2.45) is 0 Å². The summed E-state index contributed by atoms with van der Waals surface area (Å²) in [7, 11) is 1.98. The standard InChI is InChI=1S/C15H15ClN2OS/c1-18(8-11-4-2-3-5-12(11)16)15-17-14(10-6-7-10)13(9-19)20-15/h2-5,9-10H,6-8H2,1H3. The van der Waals surface area contributed by atoms with E-state index in [2.05, 4.69) is 4.98 Å². The predicted octanol–water partition coefficient (Wildman–Crippen LogP) is 4.12. The monoisotopic (exact) mass is 306 g/mol. The molecule has 1 aromatic heterocycles. The zero-order valence-electron chi connectivity index (χ0n) is 11.2. The number of thiazole rings is 1. The maximum absolute atomic E-state index is 11.1. The lowest BCUT2D eigenvalue weighted by atomic mass is 10.2. The topological polar surface area (TPSA) is 33.2 Å². The van der Waals surface area contributed by atoms with Gasteiger partial charge in [0.25, 0.3) is 0 Å². The second-order valence-electron chi connectivity index (χ2n) is 5.09. The van der Waals surface area contributed by atoms with Crippen molar-refractivity contribution in [2.75, 3.05) is 11.9 Å². The van der Waals surface area contributed by atoms with Crippen molar-refractivity contribution < 1.29 is 4.79 Å². The van der Waals surface area contributed by atoms with E-state index in [9.17, 15) is 4.79 Å². The minimum absolute atomic E-state index is 0.494. The fraction of sp³-hybridized carbons (Fsp3) is 0.333. The van der Waals surface area contributed by atoms with Crippen molar-refractivity contribution in [2.45, 2.75) is 25.3 Å². The summed E-state index contributed by atoms with van der Waals surface area (Å²) in [5.41, 5.74) is 2.04. The lowest BCUT2D eigenvalue weighted by Gasteiger charge is -2.16. The van der Waals surface area contributed by atoms with E-state index in [1.165, 1.54) is 11.3 Å². The number of hydrogen-bond acceptors (Lipinski definition) is 4. The molecular weight excluding hydrogens is 292 g/mol. The molecule has 0 unspecified atom stereocenters. The van der Waals surface area contributed by atoms with Crippen LogP contribution in [0.15, 0.2) is 24.3 Å². The first-order chi connectivity index (χ1) is 9.69. The van der Waals surface area contributed by atoms with Crippen LogP contribution in [0.2, 0.25) is 5.02 Å². The molecule has 0 spiro atoms. The molecule has 0 amide bonds. The third-order valence-corrected chi connectivity index (χ3v) is 4.91. The molecule has 1 heterocycles. The number of nitrogens with zero attached hydrogens (tertiary/aromatic N) is 2. The van der Waals surface area contributed by atoms with Crippen LogP contribution in [0.25, 0.3) is 0 Å². The molecule has 3 nitrogen and oxygen atoms in total. The van der Waals surface area contributed by atoms with E-state index >= 15 is 0 Å². The smallest absolute Gasteiger partial charge is 0.186 e. The van der Waals surface area contributed by atoms with Crippen LogP contribution < -0.4 is 4.90 Å². The zero-order valence-corrected chi connectivity index (χ0v) is 12.7. The first-order valence-corrected chi connectivity index (χ1v) is 7.79. The van der Waals surface area contributed by atoms with Gasteiger partial charge in [-0.05, 0) is 24.5 Å². The number of halogens is 1. The van der Waals surface area contributed by atoms with E-state index in [1.54, 1.807) is 0 Å². The predicted molar refractivity (Wildman–Crippen MR) is 83.0 cm³/mol. The number of hydrogen-bond donors (Lipinski definition) is 0. The van der Waals surface area contributed by atoms with E-state index in [0.29, 0.717) is 12.5 Å². The average Bonchev–Trinajstić information content (AvgIpc) is 3.20. The van der Waals surface area contributed by atoms with Crippen LogP contribution in [-0.2, 0) is 6.54 Å². The highest BCUT2D eigenvalue weighted by atomic mass is 35.5. The first-order valence-electron chi connectivity index (χ1n) is 6.59. The molecule has 1 aliphatic carbocycles. The van der Waals surface area contributed by atoms with Gasteiger partial charge in [-0.3, -0.25) is 4.79 Å². The van der Waals surface area contributed by atoms with Crippen LogP contribution >= 0.6 is 22.9 Å². The normalized spacial score (nSPS) is 14.3. The lowest BCUT2D eigenvalue weighted by Crippen LogP contribution is -2.16. The van der Waals surface area contributed by atoms with Crippen molar-refractivity contribution >= 4 is 34.4 Å². The number of aldehydes is 1. The number of carbonyl (C=O) groups is 1. The van der Waals surface area contributed by atoms with Crippen molar-refractivity contribution in [1.82, 2.24) is 4.98 Å². The highest BCUT2D eigenvalue weighted by Gasteiger charge is 2.30. The molecule has 1 aliphatic rings. The fourth-order valence-electron chi connectivity index (χ4n) is 2.18. The van der Waals surface area contributed by atoms with Crippen LogP contribution in [0.4, 0.5) is 5.13 Å². The molecule has 0 aliphatic heterocycles. The van der Waals surface area contributed by atoms with E-state index in [-0.39, 0.29) is 0 Å². The summed E-state index contributed by atoms with van der Waals surface area (Å²) in [6, 6.07) is 7.79. The average molecular weight is 307 g/mol. The zero-order chi connectivity index (χ0) is 14.1. The first kappa shape index (κ1) is 13.6. The Morgan fingerprint density at radius 2 is 2.20 bits per heavy atom. The summed E-state index contributed by atoms with van der Waals surface area (Å²) in [5.74, 6) is 0.494. The van der Waals surface area contributed by atoms with Crippen molar-refractivity contribution in [1.29, 1.82) is 0 Å². The summed E-state index contributed by atoms with van der Waals surface area (Å²) in [4.78, 5) is 18.6. The maximum Gasteiger partial charge on any atom is 0.186 e. The third-order valence-electron chi connectivity index (χ3n) is 3.43. The van der Waals surface area contributed by atoms with Crippen LogP contribution in [-0.4, -0.2) is 18.3 Å². The molecule has 3 rings (SSSR count). The number of benzene rings is 1. The Bertz CT molecular complexity index is 637. The molecule has 1 fully saturated rings. The van der Waals surface area contributed by atoms with E-state index in [0.717, 1.165) is 45.4 Å². The molecule has 2 aromatic rings. The molecule has 1 aromatic carbocycles. The molecule has 104 valence electrons. The Balaban J connectivity index is 1.82. The van der Waals surface area contributed by atoms with E-state index < -0.39 is 0 Å². The fourth-order valence-corrected chi connectivity index (χ4v) is 3.30. The molecular formula is C15H15ClN2OS. The van der Waals surface area contributed by atoms with Gasteiger partial charge in [-0.2, -0.15) is 0 Å². The Hall–Kier alpha value is -1.39. The summed E-state index contributed by atoms with van der Waals surface area (Å²) in [6.45, 7) is 0.690. The van der Waals surface area contributed by atoms with Gasteiger partial charge in [0.2, 0.25) is 0 Å². The lowest BCUT2D eigenvalue weighted by molar-refractivity contribution is 0.112. The molecule has 0 radical (unpaired) electrons. The number of rotatable bonds is 5. The molecule has 0 N–H and O–H groups in total. The second kappa shape index (κ2) is 5.54. The second-order valence-corrected chi connectivity index (χ2v) is 6.50. The molecule has 5 heteroatoms. The van der Waals surface area contributed by atoms with Gasteiger partial charge in [0.15, 0.2) is 11.4 Å². The van der Waals surface area contributed by atoms with Crippen LogP contribution in [0.1, 0.15) is 39.7 Å². The van der Waals surface area contributed by atoms with E-state index in [4.69, 9.17) is 11.6 Å². The number of anilines is 1. The SMILES string of the molecule is CN(Cc1ccccc1Cl)c1nc(C2CC2)c(C=O)s1. The van der Waals surface area contributed by atoms with Crippen molar-refractivity contribution in [3.8, 4) is 0 Å². The van der Waals surface area contributed by atoms with Crippen molar-refractivity contribution in [3.63, 3.8) is 0 Å². The van der Waals surface area contributed by atoms with Crippen LogP contribution in [0.3, 0.4) is 0 Å². The van der Waals surface area contributed by atoms with Gasteiger partial charge in [0, 0.05) is 24.5 Å². The quantitative estimate of drug-likeness (QED) is 0.779. The molecule has 0 saturated heterocycles. The van der Waals surface area contributed by atoms with Gasteiger partial charge in [0.05, 0.1) is 10.6 Å². The third kappa shape index (κ3) is 2.72. The summed E-state index contributed by atoms with van der Waals surface area (Å²) in [6.07, 6.45) is 3.23. The number of aromatic nitrogens is 1. The Labute approximate surface area is 127 Å². The molecule has 1 saturated carbocycles. The highest BCUT2D eigenvalue weighted by molar-refractivity contribution is 7.17. The molecule has 20 heavy (non-hydrogen) atoms. The molecule has 0 bridgehead atoms. The van der Waals surface area contributed by atoms with Gasteiger partial charge in [0.1, 0.15) is 0 Å². The van der Waals surface area contributed by atoms with Gasteiger partial charge < -0.3 is 4.90 Å². The van der Waals surface area contributed by atoms with Gasteiger partial charge in [-0.15, -0.1) is 0 Å². The largest absolute Gasteiger partial charge is 0.347 e. The van der Waals surface area contributed by atoms with E-state index in [1.807, 2.05) is 36.2 Å². The summed E-state index contributed by atoms with van der Waals surface area (Å²) >= 11 is 7.64. The number of carbonyl (C=O) groups excluding carboxylic acids is 1. The molecule has 0 atom stereocenters. The van der Waals surface area contributed by atoms with Crippen LogP contribution in [0, 0.1) is 0 Å². The van der Waals surface area contributed by atoms with Crippen LogP contribution in [0.5, 0.6) is 0 Å².